The molecular formula is C17H14ClFINO4. The van der Waals surface area contributed by atoms with Crippen LogP contribution in [0.5, 0.6) is 5.75 Å². The van der Waals surface area contributed by atoms with Gasteiger partial charge in [-0.1, -0.05) is 17.7 Å². The molecule has 0 saturated heterocycles. The van der Waals surface area contributed by atoms with Crippen molar-refractivity contribution in [2.45, 2.75) is 6.54 Å². The van der Waals surface area contributed by atoms with Crippen LogP contribution in [0.3, 0.4) is 0 Å². The molecule has 132 valence electrons. The van der Waals surface area contributed by atoms with Gasteiger partial charge in [-0.05, 0) is 64.6 Å². The number of hydrogen-bond donors (Lipinski definition) is 1. The minimum atomic E-state index is -0.654. The zero-order valence-electron chi connectivity index (χ0n) is 12.9. The van der Waals surface area contributed by atoms with Gasteiger partial charge in [0.15, 0.2) is 13.2 Å². The van der Waals surface area contributed by atoms with E-state index in [0.29, 0.717) is 11.3 Å². The molecule has 5 nitrogen and oxygen atoms in total. The lowest BCUT2D eigenvalue weighted by atomic mass is 10.2. The number of esters is 1. The first-order valence-electron chi connectivity index (χ1n) is 7.18. The van der Waals surface area contributed by atoms with Crippen LogP contribution in [0.1, 0.15) is 5.56 Å². The van der Waals surface area contributed by atoms with E-state index in [1.165, 1.54) is 18.2 Å². The number of carbonyl (C=O) groups is 2. The first kappa shape index (κ1) is 19.5. The minimum Gasteiger partial charge on any atom is -0.482 e. The van der Waals surface area contributed by atoms with Crippen LogP contribution < -0.4 is 10.1 Å². The lowest BCUT2D eigenvalue weighted by Gasteiger charge is -2.08. The summed E-state index contributed by atoms with van der Waals surface area (Å²) in [5.41, 5.74) is 0.633. The quantitative estimate of drug-likeness (QED) is 0.491. The van der Waals surface area contributed by atoms with Gasteiger partial charge in [0.2, 0.25) is 0 Å². The fourth-order valence-corrected chi connectivity index (χ4v) is 2.32. The van der Waals surface area contributed by atoms with Crippen LogP contribution >= 0.6 is 34.2 Å². The topological polar surface area (TPSA) is 64.6 Å². The number of ether oxygens (including phenoxy) is 2. The molecule has 0 atom stereocenters. The summed E-state index contributed by atoms with van der Waals surface area (Å²) in [4.78, 5) is 23.2. The lowest BCUT2D eigenvalue weighted by Crippen LogP contribution is -2.29. The molecule has 0 aliphatic heterocycles. The molecule has 8 heteroatoms. The summed E-state index contributed by atoms with van der Waals surface area (Å²) in [5, 5.41) is 2.52. The summed E-state index contributed by atoms with van der Waals surface area (Å²) in [7, 11) is 0. The summed E-state index contributed by atoms with van der Waals surface area (Å²) in [6, 6.07) is 11.3. The standard InChI is InChI=1S/C17H14ClFINO4/c18-14-7-11(1-6-15(14)19)8-21-16(22)9-25-17(23)10-24-13-4-2-12(20)3-5-13/h1-7H,8-10H2,(H,21,22). The van der Waals surface area contributed by atoms with Crippen LogP contribution in [-0.2, 0) is 20.9 Å². The van der Waals surface area contributed by atoms with Crippen molar-refractivity contribution in [1.29, 1.82) is 0 Å². The summed E-state index contributed by atoms with van der Waals surface area (Å²) >= 11 is 7.81. The number of amides is 1. The van der Waals surface area contributed by atoms with Crippen LogP contribution in [0.4, 0.5) is 4.39 Å². The summed E-state index contributed by atoms with van der Waals surface area (Å²) in [5.74, 6) is -1.13. The third-order valence-electron chi connectivity index (χ3n) is 3.01. The maximum atomic E-state index is 13.0. The van der Waals surface area contributed by atoms with Gasteiger partial charge in [-0.3, -0.25) is 4.79 Å². The Morgan fingerprint density at radius 3 is 2.52 bits per heavy atom. The Kier molecular flexibility index (Phi) is 7.45. The second-order valence-corrected chi connectivity index (χ2v) is 6.58. The van der Waals surface area contributed by atoms with Gasteiger partial charge in [0.05, 0.1) is 5.02 Å². The molecule has 1 amide bonds. The Bertz CT molecular complexity index is 755. The van der Waals surface area contributed by atoms with Crippen molar-refractivity contribution < 1.29 is 23.5 Å². The molecule has 0 aliphatic carbocycles. The fourth-order valence-electron chi connectivity index (χ4n) is 1.76. The van der Waals surface area contributed by atoms with Crippen LogP contribution in [0.2, 0.25) is 5.02 Å². The zero-order valence-corrected chi connectivity index (χ0v) is 15.8. The van der Waals surface area contributed by atoms with Gasteiger partial charge in [0, 0.05) is 10.1 Å². The molecule has 2 rings (SSSR count). The van der Waals surface area contributed by atoms with Crippen LogP contribution in [0.25, 0.3) is 0 Å². The highest BCUT2D eigenvalue weighted by Crippen LogP contribution is 2.16. The average molecular weight is 478 g/mol. The van der Waals surface area contributed by atoms with E-state index in [-0.39, 0.29) is 18.2 Å². The molecule has 1 N–H and O–H groups in total. The largest absolute Gasteiger partial charge is 0.482 e. The van der Waals surface area contributed by atoms with E-state index in [1.807, 2.05) is 12.1 Å². The van der Waals surface area contributed by atoms with Gasteiger partial charge in [-0.15, -0.1) is 0 Å². The number of benzene rings is 2. The monoisotopic (exact) mass is 477 g/mol. The smallest absolute Gasteiger partial charge is 0.344 e. The first-order valence-corrected chi connectivity index (χ1v) is 8.64. The van der Waals surface area contributed by atoms with E-state index in [0.717, 1.165) is 3.57 Å². The second kappa shape index (κ2) is 9.57. The van der Waals surface area contributed by atoms with Crippen molar-refractivity contribution in [1.82, 2.24) is 5.32 Å². The van der Waals surface area contributed by atoms with Crippen LogP contribution in [-0.4, -0.2) is 25.1 Å². The number of rotatable bonds is 7. The highest BCUT2D eigenvalue weighted by Gasteiger charge is 2.09. The summed E-state index contributed by atoms with van der Waals surface area (Å²) < 4.78 is 24.1. The average Bonchev–Trinajstić information content (AvgIpc) is 2.60. The van der Waals surface area contributed by atoms with Crippen LogP contribution in [0.15, 0.2) is 42.5 Å². The number of nitrogens with one attached hydrogen (secondary N) is 1. The molecule has 0 heterocycles. The molecule has 2 aromatic rings. The van der Waals surface area contributed by atoms with Gasteiger partial charge >= 0.3 is 5.97 Å². The third-order valence-corrected chi connectivity index (χ3v) is 4.02. The van der Waals surface area contributed by atoms with E-state index in [9.17, 15) is 14.0 Å². The molecule has 0 aromatic heterocycles. The van der Waals surface area contributed by atoms with Crippen molar-refractivity contribution in [2.24, 2.45) is 0 Å². The van der Waals surface area contributed by atoms with Gasteiger partial charge in [-0.25, -0.2) is 9.18 Å². The Balaban J connectivity index is 1.67. The van der Waals surface area contributed by atoms with Gasteiger partial charge in [0.1, 0.15) is 11.6 Å². The molecule has 0 unspecified atom stereocenters. The predicted octanol–water partition coefficient (Wildman–Crippen LogP) is 3.32. The number of halogens is 3. The van der Waals surface area contributed by atoms with Crippen molar-refractivity contribution in [3.63, 3.8) is 0 Å². The molecule has 0 radical (unpaired) electrons. The number of carbonyl (C=O) groups excluding carboxylic acids is 2. The van der Waals surface area contributed by atoms with Crippen LogP contribution in [0, 0.1) is 9.39 Å². The van der Waals surface area contributed by atoms with Gasteiger partial charge in [-0.2, -0.15) is 0 Å². The van der Waals surface area contributed by atoms with E-state index >= 15 is 0 Å². The maximum Gasteiger partial charge on any atom is 0.344 e. The minimum absolute atomic E-state index is 0.0223. The Hall–Kier alpha value is -1.87. The fraction of sp³-hybridized carbons (Fsp3) is 0.176. The lowest BCUT2D eigenvalue weighted by molar-refractivity contribution is -0.150. The maximum absolute atomic E-state index is 13.0. The van der Waals surface area contributed by atoms with E-state index in [2.05, 4.69) is 27.9 Å². The Morgan fingerprint density at radius 2 is 1.84 bits per heavy atom. The van der Waals surface area contributed by atoms with Crippen molar-refractivity contribution >= 4 is 46.1 Å². The molecule has 0 spiro atoms. The van der Waals surface area contributed by atoms with E-state index in [1.54, 1.807) is 12.1 Å². The van der Waals surface area contributed by atoms with Crippen molar-refractivity contribution in [2.75, 3.05) is 13.2 Å². The molecule has 0 aliphatic rings. The van der Waals surface area contributed by atoms with Crippen molar-refractivity contribution in [3.05, 3.63) is 62.4 Å². The van der Waals surface area contributed by atoms with Gasteiger partial charge in [0.25, 0.3) is 5.91 Å². The van der Waals surface area contributed by atoms with E-state index < -0.39 is 24.3 Å². The summed E-state index contributed by atoms with van der Waals surface area (Å²) in [6.07, 6.45) is 0. The molecule has 0 saturated carbocycles. The second-order valence-electron chi connectivity index (χ2n) is 4.93. The van der Waals surface area contributed by atoms with E-state index in [4.69, 9.17) is 21.1 Å². The van der Waals surface area contributed by atoms with Crippen molar-refractivity contribution in [3.8, 4) is 5.75 Å². The Morgan fingerprint density at radius 1 is 1.12 bits per heavy atom. The molecule has 25 heavy (non-hydrogen) atoms. The molecule has 0 bridgehead atoms. The third kappa shape index (κ3) is 6.87. The highest BCUT2D eigenvalue weighted by molar-refractivity contribution is 14.1. The highest BCUT2D eigenvalue weighted by atomic mass is 127. The number of hydrogen-bond acceptors (Lipinski definition) is 4. The zero-order chi connectivity index (χ0) is 18.2. The predicted molar refractivity (Wildman–Crippen MR) is 98.9 cm³/mol. The molecule has 2 aromatic carbocycles. The first-order chi connectivity index (χ1) is 11.9. The Labute approximate surface area is 162 Å². The van der Waals surface area contributed by atoms with Gasteiger partial charge < -0.3 is 14.8 Å². The normalized spacial score (nSPS) is 10.2. The SMILES string of the molecule is O=C(COC(=O)COc1ccc(I)cc1)NCc1ccc(F)c(Cl)c1. The molecule has 0 fully saturated rings. The summed E-state index contributed by atoms with van der Waals surface area (Å²) in [6.45, 7) is -0.569. The molecular weight excluding hydrogens is 464 g/mol.